The van der Waals surface area contributed by atoms with Gasteiger partial charge in [-0.15, -0.1) is 5.10 Å². The third kappa shape index (κ3) is 3.73. The largest absolute Gasteiger partial charge is 0.451 e. The number of alkyl halides is 3. The Kier molecular flexibility index (Phi) is 4.92. The maximum absolute atomic E-state index is 12.7. The van der Waals surface area contributed by atoms with Crippen molar-refractivity contribution in [2.75, 3.05) is 11.9 Å². The van der Waals surface area contributed by atoms with Crippen LogP contribution in [0.3, 0.4) is 0 Å². The molecule has 2 aromatic rings. The molecule has 1 atom stereocenters. The Labute approximate surface area is 157 Å². The summed E-state index contributed by atoms with van der Waals surface area (Å²) in [6.45, 7) is 1.47. The molecule has 1 fully saturated rings. The van der Waals surface area contributed by atoms with Crippen LogP contribution in [0.5, 0.6) is 0 Å². The van der Waals surface area contributed by atoms with Crippen molar-refractivity contribution < 1.29 is 27.6 Å². The van der Waals surface area contributed by atoms with Gasteiger partial charge in [-0.05, 0) is 12.5 Å². The van der Waals surface area contributed by atoms with Crippen LogP contribution in [0.4, 0.5) is 19.1 Å². The molecule has 11 heteroatoms. The van der Waals surface area contributed by atoms with Crippen LogP contribution in [0.1, 0.15) is 31.2 Å². The summed E-state index contributed by atoms with van der Waals surface area (Å²) in [5.41, 5.74) is -0.319. The summed E-state index contributed by atoms with van der Waals surface area (Å²) in [7, 11) is 0. The van der Waals surface area contributed by atoms with E-state index in [0.717, 1.165) is 4.90 Å². The van der Waals surface area contributed by atoms with Gasteiger partial charge in [0.25, 0.3) is 0 Å². The number of halogens is 3. The number of amides is 3. The van der Waals surface area contributed by atoms with E-state index < -0.39 is 41.1 Å². The third-order valence-electron chi connectivity index (χ3n) is 4.50. The van der Waals surface area contributed by atoms with Crippen LogP contribution in [0, 0.1) is 0 Å². The first-order valence-corrected chi connectivity index (χ1v) is 8.31. The van der Waals surface area contributed by atoms with Gasteiger partial charge in [-0.3, -0.25) is 29.7 Å². The Morgan fingerprint density at radius 1 is 1.29 bits per heavy atom. The van der Waals surface area contributed by atoms with E-state index in [2.05, 4.69) is 15.4 Å². The molecule has 2 heterocycles. The lowest BCUT2D eigenvalue weighted by atomic mass is 9.81. The summed E-state index contributed by atoms with van der Waals surface area (Å²) < 4.78 is 37.4. The predicted octanol–water partition coefficient (Wildman–Crippen LogP) is 1.87. The van der Waals surface area contributed by atoms with E-state index in [1.54, 1.807) is 42.4 Å². The zero-order valence-corrected chi connectivity index (χ0v) is 14.7. The highest BCUT2D eigenvalue weighted by atomic mass is 19.4. The fraction of sp³-hybridized carbons (Fsp3) is 0.353. The zero-order chi connectivity index (χ0) is 20.5. The number of carbonyl (C=O) groups excluding carboxylic acids is 3. The molecule has 0 saturated carbocycles. The van der Waals surface area contributed by atoms with E-state index in [4.69, 9.17) is 0 Å². The lowest BCUT2D eigenvalue weighted by molar-refractivity contribution is -0.145. The highest BCUT2D eigenvalue weighted by Gasteiger charge is 2.49. The fourth-order valence-corrected chi connectivity index (χ4v) is 2.99. The molecule has 1 aliphatic heterocycles. The molecule has 1 aliphatic rings. The van der Waals surface area contributed by atoms with Gasteiger partial charge in [0.1, 0.15) is 0 Å². The highest BCUT2D eigenvalue weighted by Crippen LogP contribution is 2.36. The minimum Gasteiger partial charge on any atom is -0.293 e. The number of anilines is 1. The first-order valence-electron chi connectivity index (χ1n) is 8.31. The summed E-state index contributed by atoms with van der Waals surface area (Å²) in [6, 6.07) is 8.83. The number of rotatable bonds is 5. The molecule has 3 amide bonds. The second-order valence-electron chi connectivity index (χ2n) is 6.53. The summed E-state index contributed by atoms with van der Waals surface area (Å²) >= 11 is 0. The molecular formula is C17H16F3N5O3. The topological polar surface area (TPSA) is 108 Å². The molecule has 8 nitrogen and oxygen atoms in total. The van der Waals surface area contributed by atoms with Gasteiger partial charge in [-0.1, -0.05) is 30.3 Å². The molecule has 1 unspecified atom stereocenters. The number of hydrogen-bond acceptors (Lipinski definition) is 5. The summed E-state index contributed by atoms with van der Waals surface area (Å²) in [4.78, 5) is 41.1. The van der Waals surface area contributed by atoms with Crippen molar-refractivity contribution in [1.29, 1.82) is 0 Å². The summed E-state index contributed by atoms with van der Waals surface area (Å²) in [6.07, 6.45) is -5.03. The first kappa shape index (κ1) is 19.5. The number of hydrogen-bond donors (Lipinski definition) is 2. The van der Waals surface area contributed by atoms with Gasteiger partial charge in [-0.2, -0.15) is 18.2 Å². The lowest BCUT2D eigenvalue weighted by Crippen LogP contribution is -2.38. The zero-order valence-electron chi connectivity index (χ0n) is 14.7. The van der Waals surface area contributed by atoms with Gasteiger partial charge in [0.15, 0.2) is 0 Å². The number of carbonyl (C=O) groups is 3. The number of nitrogens with one attached hydrogen (secondary N) is 2. The van der Waals surface area contributed by atoms with Crippen molar-refractivity contribution in [1.82, 2.24) is 20.1 Å². The average molecular weight is 395 g/mol. The van der Waals surface area contributed by atoms with Crippen LogP contribution in [0.15, 0.2) is 30.3 Å². The molecule has 2 N–H and O–H groups in total. The smallest absolute Gasteiger partial charge is 0.293 e. The molecule has 28 heavy (non-hydrogen) atoms. The van der Waals surface area contributed by atoms with Gasteiger partial charge in [0.2, 0.25) is 29.5 Å². The van der Waals surface area contributed by atoms with E-state index in [9.17, 15) is 27.6 Å². The standard InChI is InChI=1S/C17H16F3N5O3/c1-16(10-5-3-2-4-6-10)9-12(27)25(14(16)28)8-7-11(26)21-15-22-13(23-24-15)17(18,19)20/h2-6H,7-9H2,1H3,(H2,21,22,23,24,26). The van der Waals surface area contributed by atoms with Gasteiger partial charge in [0, 0.05) is 19.4 Å². The van der Waals surface area contributed by atoms with Crippen molar-refractivity contribution >= 4 is 23.7 Å². The van der Waals surface area contributed by atoms with Crippen LogP contribution in [0.25, 0.3) is 0 Å². The van der Waals surface area contributed by atoms with Crippen molar-refractivity contribution in [2.24, 2.45) is 0 Å². The van der Waals surface area contributed by atoms with Crippen molar-refractivity contribution in [3.05, 3.63) is 41.7 Å². The summed E-state index contributed by atoms with van der Waals surface area (Å²) in [5.74, 6) is -3.44. The van der Waals surface area contributed by atoms with E-state index in [0.29, 0.717) is 5.56 Å². The molecule has 0 bridgehead atoms. The van der Waals surface area contributed by atoms with Crippen molar-refractivity contribution in [3.8, 4) is 0 Å². The number of imide groups is 1. The van der Waals surface area contributed by atoms with Gasteiger partial charge >= 0.3 is 6.18 Å². The SMILES string of the molecule is CC1(c2ccccc2)CC(=O)N(CCC(=O)Nc2n[nH]c(C(F)(F)F)n2)C1=O. The van der Waals surface area contributed by atoms with Gasteiger partial charge in [0.05, 0.1) is 5.41 Å². The maximum Gasteiger partial charge on any atom is 0.451 e. The Balaban J connectivity index is 1.61. The minimum absolute atomic E-state index is 0.0205. The molecule has 0 spiro atoms. The minimum atomic E-state index is -4.72. The Hall–Kier alpha value is -3.24. The number of benzene rings is 1. The molecule has 1 aromatic heterocycles. The second-order valence-corrected chi connectivity index (χ2v) is 6.53. The fourth-order valence-electron chi connectivity index (χ4n) is 2.99. The second kappa shape index (κ2) is 7.06. The third-order valence-corrected chi connectivity index (χ3v) is 4.50. The number of aromatic nitrogens is 3. The molecule has 1 aromatic carbocycles. The number of aromatic amines is 1. The van der Waals surface area contributed by atoms with Gasteiger partial charge < -0.3 is 0 Å². The molecule has 0 aliphatic carbocycles. The summed E-state index contributed by atoms with van der Waals surface area (Å²) in [5, 5.41) is 7.03. The lowest BCUT2D eigenvalue weighted by Gasteiger charge is -2.22. The van der Waals surface area contributed by atoms with Crippen molar-refractivity contribution in [2.45, 2.75) is 31.4 Å². The van der Waals surface area contributed by atoms with Crippen LogP contribution in [0.2, 0.25) is 0 Å². The molecule has 3 rings (SSSR count). The van der Waals surface area contributed by atoms with E-state index in [1.165, 1.54) is 0 Å². The van der Waals surface area contributed by atoms with E-state index in [1.807, 2.05) is 0 Å². The van der Waals surface area contributed by atoms with Crippen LogP contribution in [-0.4, -0.2) is 44.3 Å². The highest BCUT2D eigenvalue weighted by molar-refractivity contribution is 6.09. The van der Waals surface area contributed by atoms with Crippen LogP contribution < -0.4 is 5.32 Å². The molecule has 148 valence electrons. The van der Waals surface area contributed by atoms with E-state index in [-0.39, 0.29) is 19.4 Å². The van der Waals surface area contributed by atoms with Crippen LogP contribution in [-0.2, 0) is 26.0 Å². The van der Waals surface area contributed by atoms with Gasteiger partial charge in [-0.25, -0.2) is 0 Å². The van der Waals surface area contributed by atoms with Crippen LogP contribution >= 0.6 is 0 Å². The molecule has 0 radical (unpaired) electrons. The molecule has 1 saturated heterocycles. The quantitative estimate of drug-likeness (QED) is 0.752. The van der Waals surface area contributed by atoms with Crippen molar-refractivity contribution in [3.63, 3.8) is 0 Å². The Morgan fingerprint density at radius 2 is 1.96 bits per heavy atom. The predicted molar refractivity (Wildman–Crippen MR) is 89.8 cm³/mol. The number of nitrogens with zero attached hydrogens (tertiary/aromatic N) is 3. The monoisotopic (exact) mass is 395 g/mol. The molecular weight excluding hydrogens is 379 g/mol. The number of H-pyrrole nitrogens is 1. The average Bonchev–Trinajstić information content (AvgIpc) is 3.18. The Morgan fingerprint density at radius 3 is 2.57 bits per heavy atom. The Bertz CT molecular complexity index is 912. The normalized spacial score (nSPS) is 19.9. The maximum atomic E-state index is 12.7. The first-order chi connectivity index (χ1) is 13.1. The number of likely N-dealkylation sites (tertiary alicyclic amines) is 1. The van der Waals surface area contributed by atoms with E-state index >= 15 is 0 Å².